The molecule has 0 unspecified atom stereocenters. The van der Waals surface area contributed by atoms with Crippen LogP contribution in [0, 0.1) is 5.41 Å². The highest BCUT2D eigenvalue weighted by Gasteiger charge is 2.09. The summed E-state index contributed by atoms with van der Waals surface area (Å²) < 4.78 is 5.22. The van der Waals surface area contributed by atoms with Crippen molar-refractivity contribution in [2.75, 3.05) is 17.9 Å². The van der Waals surface area contributed by atoms with Gasteiger partial charge < -0.3 is 15.5 Å². The second-order valence-corrected chi connectivity index (χ2v) is 5.27. The van der Waals surface area contributed by atoms with E-state index in [0.717, 1.165) is 17.0 Å². The molecule has 7 nitrogen and oxygen atoms in total. The van der Waals surface area contributed by atoms with Gasteiger partial charge in [0.1, 0.15) is 17.9 Å². The van der Waals surface area contributed by atoms with Gasteiger partial charge >= 0.3 is 0 Å². The van der Waals surface area contributed by atoms with Gasteiger partial charge in [-0.15, -0.1) is 0 Å². The minimum Gasteiger partial charge on any atom is -0.497 e. The fourth-order valence-corrected chi connectivity index (χ4v) is 2.27. The van der Waals surface area contributed by atoms with Gasteiger partial charge in [-0.05, 0) is 17.7 Å². The summed E-state index contributed by atoms with van der Waals surface area (Å²) >= 11 is 0. The molecule has 0 spiro atoms. The Morgan fingerprint density at radius 3 is 2.62 bits per heavy atom. The summed E-state index contributed by atoms with van der Waals surface area (Å²) in [6.07, 6.45) is 4.28. The van der Waals surface area contributed by atoms with Gasteiger partial charge in [-0.3, -0.25) is 5.43 Å². The third-order valence-electron chi connectivity index (χ3n) is 3.54. The van der Waals surface area contributed by atoms with Gasteiger partial charge in [0, 0.05) is 18.0 Å². The molecule has 1 heterocycles. The van der Waals surface area contributed by atoms with Gasteiger partial charge in [-0.25, -0.2) is 9.97 Å². The molecule has 0 aliphatic heterocycles. The van der Waals surface area contributed by atoms with Crippen molar-refractivity contribution in [1.82, 2.24) is 9.97 Å². The predicted molar refractivity (Wildman–Crippen MR) is 104 cm³/mol. The number of aromatic nitrogens is 2. The van der Waals surface area contributed by atoms with Crippen LogP contribution in [0.2, 0.25) is 0 Å². The molecular formula is C19H18N6O. The van der Waals surface area contributed by atoms with Gasteiger partial charge in [-0.2, -0.15) is 5.10 Å². The van der Waals surface area contributed by atoms with E-state index < -0.39 is 0 Å². The molecule has 0 aliphatic rings. The normalized spacial score (nSPS) is 10.5. The highest BCUT2D eigenvalue weighted by Crippen LogP contribution is 2.24. The molecule has 0 fully saturated rings. The molecule has 26 heavy (non-hydrogen) atoms. The number of ether oxygens (including phenoxy) is 1. The number of hydrazone groups is 1. The molecule has 3 rings (SSSR count). The van der Waals surface area contributed by atoms with Gasteiger partial charge in [0.25, 0.3) is 0 Å². The van der Waals surface area contributed by atoms with Gasteiger partial charge in [0.2, 0.25) is 0 Å². The molecule has 3 aromatic rings. The molecule has 7 heteroatoms. The summed E-state index contributed by atoms with van der Waals surface area (Å²) in [5.41, 5.74) is 5.12. The molecule has 0 atom stereocenters. The van der Waals surface area contributed by atoms with Crippen molar-refractivity contribution in [2.45, 2.75) is 0 Å². The highest BCUT2D eigenvalue weighted by molar-refractivity contribution is 5.92. The minimum atomic E-state index is 0.438. The molecule has 0 bridgehead atoms. The van der Waals surface area contributed by atoms with E-state index in [1.54, 1.807) is 13.3 Å². The number of methoxy groups -OCH3 is 1. The van der Waals surface area contributed by atoms with Crippen molar-refractivity contribution in [3.63, 3.8) is 0 Å². The number of nitrogens with one attached hydrogen (secondary N) is 3. The molecule has 0 amide bonds. The zero-order valence-electron chi connectivity index (χ0n) is 14.2. The first kappa shape index (κ1) is 17.1. The maximum Gasteiger partial charge on any atom is 0.160 e. The van der Waals surface area contributed by atoms with Crippen LogP contribution in [-0.2, 0) is 0 Å². The van der Waals surface area contributed by atoms with Crippen LogP contribution in [0.25, 0.3) is 0 Å². The van der Waals surface area contributed by atoms with Crippen molar-refractivity contribution >= 4 is 29.8 Å². The molecule has 130 valence electrons. The highest BCUT2D eigenvalue weighted by atomic mass is 16.5. The Morgan fingerprint density at radius 1 is 1.04 bits per heavy atom. The van der Waals surface area contributed by atoms with Gasteiger partial charge in [0.05, 0.1) is 18.9 Å². The van der Waals surface area contributed by atoms with E-state index in [2.05, 4.69) is 25.8 Å². The van der Waals surface area contributed by atoms with Crippen molar-refractivity contribution < 1.29 is 4.74 Å². The van der Waals surface area contributed by atoms with Crippen LogP contribution >= 0.6 is 0 Å². The van der Waals surface area contributed by atoms with E-state index in [1.165, 1.54) is 12.5 Å². The van der Waals surface area contributed by atoms with Crippen molar-refractivity contribution in [3.8, 4) is 5.75 Å². The first-order valence-electron chi connectivity index (χ1n) is 7.91. The lowest BCUT2D eigenvalue weighted by atomic mass is 10.2. The second kappa shape index (κ2) is 8.39. The number of hydrogen-bond donors (Lipinski definition) is 3. The lowest BCUT2D eigenvalue weighted by molar-refractivity contribution is 0.415. The summed E-state index contributed by atoms with van der Waals surface area (Å²) in [5.74, 6) is 1.67. The Morgan fingerprint density at radius 2 is 1.85 bits per heavy atom. The van der Waals surface area contributed by atoms with Gasteiger partial charge in [-0.1, -0.05) is 36.4 Å². The molecule has 0 radical (unpaired) electrons. The molecule has 1 aromatic heterocycles. The van der Waals surface area contributed by atoms with Crippen LogP contribution in [-0.4, -0.2) is 29.5 Å². The van der Waals surface area contributed by atoms with Crippen LogP contribution in [0.5, 0.6) is 5.75 Å². The first-order valence-corrected chi connectivity index (χ1v) is 7.91. The lowest BCUT2D eigenvalue weighted by Gasteiger charge is -2.11. The summed E-state index contributed by atoms with van der Waals surface area (Å²) in [7, 11) is 1.61. The largest absolute Gasteiger partial charge is 0.497 e. The Hall–Kier alpha value is -3.74. The SMILES string of the molecule is COc1cccc(Nc2ncnc(N/N=C/c3ccccc3)c2C=N)c1. The topological polar surface area (TPSA) is 95.3 Å². The zero-order chi connectivity index (χ0) is 18.2. The standard InChI is InChI=1S/C19H18N6O/c1-26-16-9-5-8-15(10-16)24-18-17(11-20)19(22-13-21-18)25-23-12-14-6-3-2-4-7-14/h2-13,20H,1H3,(H2,21,22,24,25)/b20-11?,23-12+. The number of rotatable bonds is 7. The zero-order valence-corrected chi connectivity index (χ0v) is 14.2. The van der Waals surface area contributed by atoms with Crippen LogP contribution in [0.15, 0.2) is 66.0 Å². The second-order valence-electron chi connectivity index (χ2n) is 5.27. The Kier molecular flexibility index (Phi) is 5.51. The summed E-state index contributed by atoms with van der Waals surface area (Å²) in [6, 6.07) is 17.2. The maximum absolute atomic E-state index is 7.71. The quantitative estimate of drug-likeness (QED) is 0.448. The van der Waals surface area contributed by atoms with Gasteiger partial charge in [0.15, 0.2) is 5.82 Å². The van der Waals surface area contributed by atoms with E-state index in [0.29, 0.717) is 17.2 Å². The predicted octanol–water partition coefficient (Wildman–Crippen LogP) is 3.67. The third-order valence-corrected chi connectivity index (χ3v) is 3.54. The molecular weight excluding hydrogens is 328 g/mol. The molecule has 0 saturated carbocycles. The number of nitrogens with zero attached hydrogens (tertiary/aromatic N) is 3. The Bertz CT molecular complexity index is 911. The maximum atomic E-state index is 7.71. The van der Waals surface area contributed by atoms with Crippen LogP contribution in [0.3, 0.4) is 0 Å². The van der Waals surface area contributed by atoms with E-state index in [-0.39, 0.29) is 0 Å². The van der Waals surface area contributed by atoms with E-state index in [4.69, 9.17) is 10.1 Å². The summed E-state index contributed by atoms with van der Waals surface area (Å²) in [4.78, 5) is 8.39. The summed E-state index contributed by atoms with van der Waals surface area (Å²) in [6.45, 7) is 0. The fourth-order valence-electron chi connectivity index (χ4n) is 2.27. The molecule has 2 aromatic carbocycles. The van der Waals surface area contributed by atoms with Crippen molar-refractivity contribution in [2.24, 2.45) is 5.10 Å². The van der Waals surface area contributed by atoms with Crippen molar-refractivity contribution in [1.29, 1.82) is 5.41 Å². The van der Waals surface area contributed by atoms with Crippen LogP contribution in [0.1, 0.15) is 11.1 Å². The number of anilines is 3. The number of benzene rings is 2. The molecule has 0 saturated heterocycles. The van der Waals surface area contributed by atoms with Crippen LogP contribution in [0.4, 0.5) is 17.3 Å². The average Bonchev–Trinajstić information content (AvgIpc) is 2.69. The van der Waals surface area contributed by atoms with Crippen molar-refractivity contribution in [3.05, 3.63) is 72.1 Å². The fraction of sp³-hybridized carbons (Fsp3) is 0.0526. The Labute approximate surface area is 151 Å². The lowest BCUT2D eigenvalue weighted by Crippen LogP contribution is -2.05. The monoisotopic (exact) mass is 346 g/mol. The Balaban J connectivity index is 1.80. The van der Waals surface area contributed by atoms with E-state index >= 15 is 0 Å². The average molecular weight is 346 g/mol. The summed E-state index contributed by atoms with van der Waals surface area (Å²) in [5, 5.41) is 15.1. The smallest absolute Gasteiger partial charge is 0.160 e. The van der Waals surface area contributed by atoms with E-state index in [9.17, 15) is 0 Å². The number of hydrogen-bond acceptors (Lipinski definition) is 7. The third kappa shape index (κ3) is 4.21. The molecule has 0 aliphatic carbocycles. The molecule has 3 N–H and O–H groups in total. The van der Waals surface area contributed by atoms with Crippen LogP contribution < -0.4 is 15.5 Å². The first-order chi connectivity index (χ1) is 12.8. The minimum absolute atomic E-state index is 0.438. The van der Waals surface area contributed by atoms with E-state index in [1.807, 2.05) is 54.6 Å².